The number of hydrogen-bond acceptors (Lipinski definition) is 1. The van der Waals surface area contributed by atoms with Crippen LogP contribution in [0.2, 0.25) is 5.02 Å². The molecule has 1 nitrogen and oxygen atoms in total. The molecule has 2 heteroatoms. The first kappa shape index (κ1) is 14.8. The van der Waals surface area contributed by atoms with Crippen LogP contribution in [0.4, 0.5) is 0 Å². The highest BCUT2D eigenvalue weighted by Crippen LogP contribution is 2.26. The van der Waals surface area contributed by atoms with E-state index in [9.17, 15) is 4.79 Å². The standard InChI is InChI=1S/C18H19ClO/c1-10-8-11(2)14(5)17(13(10)4)18(20)16-7-6-15(19)9-12(16)3/h6-9H,1-5H3. The van der Waals surface area contributed by atoms with Crippen molar-refractivity contribution in [3.05, 3.63) is 68.2 Å². The van der Waals surface area contributed by atoms with Gasteiger partial charge in [0, 0.05) is 16.1 Å². The maximum absolute atomic E-state index is 12.9. The minimum Gasteiger partial charge on any atom is -0.289 e. The number of halogens is 1. The van der Waals surface area contributed by atoms with Gasteiger partial charge in [0.05, 0.1) is 0 Å². The molecule has 0 saturated carbocycles. The molecular weight excluding hydrogens is 268 g/mol. The average Bonchev–Trinajstić information content (AvgIpc) is 2.36. The van der Waals surface area contributed by atoms with Crippen LogP contribution in [-0.2, 0) is 0 Å². The molecule has 0 bridgehead atoms. The first-order valence-electron chi connectivity index (χ1n) is 6.71. The van der Waals surface area contributed by atoms with Crippen molar-refractivity contribution >= 4 is 17.4 Å². The van der Waals surface area contributed by atoms with E-state index in [0.717, 1.165) is 38.9 Å². The summed E-state index contributed by atoms with van der Waals surface area (Å²) >= 11 is 5.97. The van der Waals surface area contributed by atoms with Crippen LogP contribution in [0.25, 0.3) is 0 Å². The Bertz CT molecular complexity index is 673. The molecule has 0 radical (unpaired) electrons. The predicted molar refractivity (Wildman–Crippen MR) is 85.0 cm³/mol. The van der Waals surface area contributed by atoms with Gasteiger partial charge in [0.15, 0.2) is 5.78 Å². The van der Waals surface area contributed by atoms with Crippen LogP contribution in [0.5, 0.6) is 0 Å². The Hall–Kier alpha value is -1.60. The highest BCUT2D eigenvalue weighted by Gasteiger charge is 2.18. The van der Waals surface area contributed by atoms with Crippen LogP contribution in [-0.4, -0.2) is 5.78 Å². The Kier molecular flexibility index (Phi) is 4.01. The highest BCUT2D eigenvalue weighted by molar-refractivity contribution is 6.30. The molecule has 0 aliphatic heterocycles. The van der Waals surface area contributed by atoms with Crippen LogP contribution in [0.15, 0.2) is 24.3 Å². The summed E-state index contributed by atoms with van der Waals surface area (Å²) in [5.41, 5.74) is 6.91. The minimum atomic E-state index is 0.0842. The Morgan fingerprint density at radius 2 is 1.40 bits per heavy atom. The lowest BCUT2D eigenvalue weighted by Crippen LogP contribution is -2.10. The van der Waals surface area contributed by atoms with E-state index in [1.807, 2.05) is 46.8 Å². The Morgan fingerprint density at radius 1 is 0.850 bits per heavy atom. The van der Waals surface area contributed by atoms with Gasteiger partial charge in [-0.25, -0.2) is 0 Å². The van der Waals surface area contributed by atoms with E-state index in [1.165, 1.54) is 0 Å². The van der Waals surface area contributed by atoms with E-state index in [0.29, 0.717) is 5.02 Å². The van der Waals surface area contributed by atoms with Gasteiger partial charge >= 0.3 is 0 Å². The quantitative estimate of drug-likeness (QED) is 0.701. The summed E-state index contributed by atoms with van der Waals surface area (Å²) in [5, 5.41) is 0.660. The number of rotatable bonds is 2. The van der Waals surface area contributed by atoms with Crippen molar-refractivity contribution in [1.82, 2.24) is 0 Å². The van der Waals surface area contributed by atoms with Crippen molar-refractivity contribution < 1.29 is 4.79 Å². The summed E-state index contributed by atoms with van der Waals surface area (Å²) < 4.78 is 0. The number of ketones is 1. The fourth-order valence-electron chi connectivity index (χ4n) is 2.57. The second-order valence-electron chi connectivity index (χ2n) is 5.42. The molecule has 0 aliphatic rings. The zero-order chi connectivity index (χ0) is 15.0. The van der Waals surface area contributed by atoms with Crippen molar-refractivity contribution in [2.45, 2.75) is 34.6 Å². The molecule has 0 amide bonds. The van der Waals surface area contributed by atoms with Gasteiger partial charge in [0.25, 0.3) is 0 Å². The molecule has 104 valence electrons. The second kappa shape index (κ2) is 5.41. The summed E-state index contributed by atoms with van der Waals surface area (Å²) in [4.78, 5) is 12.9. The minimum absolute atomic E-state index is 0.0842. The fraction of sp³-hybridized carbons (Fsp3) is 0.278. The zero-order valence-corrected chi connectivity index (χ0v) is 13.4. The molecule has 0 unspecified atom stereocenters. The van der Waals surface area contributed by atoms with Crippen LogP contribution < -0.4 is 0 Å². The van der Waals surface area contributed by atoms with Gasteiger partial charge in [-0.1, -0.05) is 17.7 Å². The summed E-state index contributed by atoms with van der Waals surface area (Å²) in [6, 6.07) is 7.56. The fourth-order valence-corrected chi connectivity index (χ4v) is 2.80. The van der Waals surface area contributed by atoms with Gasteiger partial charge < -0.3 is 0 Å². The van der Waals surface area contributed by atoms with Crippen LogP contribution in [0, 0.1) is 34.6 Å². The Balaban J connectivity index is 2.65. The van der Waals surface area contributed by atoms with Crippen LogP contribution in [0.3, 0.4) is 0 Å². The van der Waals surface area contributed by atoms with Gasteiger partial charge in [-0.05, 0) is 80.6 Å². The van der Waals surface area contributed by atoms with Gasteiger partial charge in [-0.15, -0.1) is 0 Å². The van der Waals surface area contributed by atoms with E-state index < -0.39 is 0 Å². The van der Waals surface area contributed by atoms with E-state index >= 15 is 0 Å². The van der Waals surface area contributed by atoms with Crippen molar-refractivity contribution in [3.63, 3.8) is 0 Å². The molecule has 0 N–H and O–H groups in total. The lowest BCUT2D eigenvalue weighted by molar-refractivity contribution is 0.103. The monoisotopic (exact) mass is 286 g/mol. The molecule has 0 fully saturated rings. The third-order valence-corrected chi connectivity index (χ3v) is 4.26. The molecular formula is C18H19ClO. The van der Waals surface area contributed by atoms with Crippen LogP contribution >= 0.6 is 11.6 Å². The first-order valence-corrected chi connectivity index (χ1v) is 7.09. The molecule has 0 heterocycles. The van der Waals surface area contributed by atoms with E-state index in [-0.39, 0.29) is 5.78 Å². The molecule has 0 saturated heterocycles. The largest absolute Gasteiger partial charge is 0.289 e. The highest BCUT2D eigenvalue weighted by atomic mass is 35.5. The number of aryl methyl sites for hydroxylation is 3. The van der Waals surface area contributed by atoms with E-state index in [1.54, 1.807) is 6.07 Å². The second-order valence-corrected chi connectivity index (χ2v) is 5.86. The van der Waals surface area contributed by atoms with E-state index in [4.69, 9.17) is 11.6 Å². The van der Waals surface area contributed by atoms with Gasteiger partial charge in [0.2, 0.25) is 0 Å². The summed E-state index contributed by atoms with van der Waals surface area (Å²) in [7, 11) is 0. The third-order valence-electron chi connectivity index (χ3n) is 4.03. The Morgan fingerprint density at radius 3 is 1.90 bits per heavy atom. The number of carbonyl (C=O) groups is 1. The van der Waals surface area contributed by atoms with E-state index in [2.05, 4.69) is 6.07 Å². The topological polar surface area (TPSA) is 17.1 Å². The number of hydrogen-bond donors (Lipinski definition) is 0. The van der Waals surface area contributed by atoms with Gasteiger partial charge in [-0.2, -0.15) is 0 Å². The average molecular weight is 287 g/mol. The molecule has 2 rings (SSSR count). The van der Waals surface area contributed by atoms with Crippen molar-refractivity contribution in [2.75, 3.05) is 0 Å². The van der Waals surface area contributed by atoms with Crippen LogP contribution in [0.1, 0.15) is 43.7 Å². The number of carbonyl (C=O) groups excluding carboxylic acids is 1. The number of benzene rings is 2. The molecule has 2 aromatic carbocycles. The normalized spacial score (nSPS) is 10.7. The SMILES string of the molecule is Cc1cc(Cl)ccc1C(=O)c1c(C)c(C)cc(C)c1C. The van der Waals surface area contributed by atoms with Crippen molar-refractivity contribution in [2.24, 2.45) is 0 Å². The van der Waals surface area contributed by atoms with Gasteiger partial charge in [-0.3, -0.25) is 4.79 Å². The summed E-state index contributed by atoms with van der Waals surface area (Å²) in [5.74, 6) is 0.0842. The van der Waals surface area contributed by atoms with Crippen molar-refractivity contribution in [1.29, 1.82) is 0 Å². The zero-order valence-electron chi connectivity index (χ0n) is 12.6. The lowest BCUT2D eigenvalue weighted by Gasteiger charge is -2.15. The smallest absolute Gasteiger partial charge is 0.193 e. The third kappa shape index (κ3) is 2.51. The maximum atomic E-state index is 12.9. The molecule has 0 atom stereocenters. The molecule has 0 spiro atoms. The van der Waals surface area contributed by atoms with Crippen molar-refractivity contribution in [3.8, 4) is 0 Å². The molecule has 20 heavy (non-hydrogen) atoms. The van der Waals surface area contributed by atoms with Gasteiger partial charge in [0.1, 0.15) is 0 Å². The summed E-state index contributed by atoms with van der Waals surface area (Å²) in [6.45, 7) is 10.0. The molecule has 0 aromatic heterocycles. The predicted octanol–water partition coefficient (Wildman–Crippen LogP) is 5.11. The Labute approximate surface area is 125 Å². The molecule has 2 aromatic rings. The maximum Gasteiger partial charge on any atom is 0.193 e. The first-order chi connectivity index (χ1) is 9.32. The molecule has 0 aliphatic carbocycles. The summed E-state index contributed by atoms with van der Waals surface area (Å²) in [6.07, 6.45) is 0. The lowest BCUT2D eigenvalue weighted by atomic mass is 9.88.